The number of nitrogens with zero attached hydrogens (tertiary/aromatic N) is 1. The monoisotopic (exact) mass is 357 g/mol. The Morgan fingerprint density at radius 3 is 2.48 bits per heavy atom. The van der Waals surface area contributed by atoms with Crippen molar-refractivity contribution in [3.05, 3.63) is 65.9 Å². The van der Waals surface area contributed by atoms with Crippen molar-refractivity contribution in [3.8, 4) is 0 Å². The fourth-order valence-corrected chi connectivity index (χ4v) is 5.22. The summed E-state index contributed by atoms with van der Waals surface area (Å²) >= 11 is 0. The van der Waals surface area contributed by atoms with Crippen LogP contribution >= 0.6 is 0 Å². The van der Waals surface area contributed by atoms with Gasteiger partial charge in [-0.2, -0.15) is 0 Å². The highest BCUT2D eigenvalue weighted by molar-refractivity contribution is 7.91. The van der Waals surface area contributed by atoms with E-state index >= 15 is 0 Å². The molecule has 1 unspecified atom stereocenters. The van der Waals surface area contributed by atoms with Gasteiger partial charge in [-0.05, 0) is 18.2 Å². The van der Waals surface area contributed by atoms with Crippen molar-refractivity contribution in [2.75, 3.05) is 6.54 Å². The molecular formula is C18H15NO5S. The Kier molecular flexibility index (Phi) is 3.54. The van der Waals surface area contributed by atoms with Gasteiger partial charge in [0, 0.05) is 23.9 Å². The van der Waals surface area contributed by atoms with E-state index in [1.54, 1.807) is 42.5 Å². The van der Waals surface area contributed by atoms with Crippen molar-refractivity contribution in [2.24, 2.45) is 0 Å². The number of carboxylic acid groups (broad SMARTS) is 1. The van der Waals surface area contributed by atoms with Crippen LogP contribution in [0.2, 0.25) is 0 Å². The Balaban J connectivity index is 2.00. The standard InChI is InChI=1S/C18H15NO5S/c20-18(21)19-11-10-15-16(13-8-4-5-9-14(13)24-15)17(19)25(22,23)12-6-2-1-3-7-12/h1-9,17H,10-11H2,(H,20,21). The van der Waals surface area contributed by atoms with Crippen molar-refractivity contribution in [2.45, 2.75) is 16.7 Å². The molecule has 1 amide bonds. The molecule has 7 heteroatoms. The minimum Gasteiger partial charge on any atom is -0.465 e. The van der Waals surface area contributed by atoms with Crippen LogP contribution in [0.1, 0.15) is 16.7 Å². The van der Waals surface area contributed by atoms with Crippen LogP contribution in [-0.2, 0) is 16.3 Å². The van der Waals surface area contributed by atoms with Gasteiger partial charge in [0.2, 0.25) is 9.84 Å². The van der Waals surface area contributed by atoms with Crippen LogP contribution in [0, 0.1) is 0 Å². The van der Waals surface area contributed by atoms with Gasteiger partial charge in [0.05, 0.1) is 4.90 Å². The second kappa shape index (κ2) is 5.63. The average molecular weight is 357 g/mol. The molecule has 1 aromatic heterocycles. The number of furan rings is 1. The summed E-state index contributed by atoms with van der Waals surface area (Å²) in [5.74, 6) is 0.531. The fraction of sp³-hybridized carbons (Fsp3) is 0.167. The van der Waals surface area contributed by atoms with E-state index in [9.17, 15) is 18.3 Å². The number of carbonyl (C=O) groups is 1. The molecule has 1 N–H and O–H groups in total. The average Bonchev–Trinajstić information content (AvgIpc) is 3.00. The molecule has 0 aliphatic carbocycles. The molecule has 0 radical (unpaired) electrons. The van der Waals surface area contributed by atoms with Crippen LogP contribution in [0.15, 0.2) is 63.9 Å². The predicted octanol–water partition coefficient (Wildman–Crippen LogP) is 3.44. The van der Waals surface area contributed by atoms with Gasteiger partial charge in [-0.25, -0.2) is 13.2 Å². The Bertz CT molecular complexity index is 1060. The molecule has 4 rings (SSSR count). The van der Waals surface area contributed by atoms with Crippen molar-refractivity contribution in [1.82, 2.24) is 4.90 Å². The zero-order chi connectivity index (χ0) is 17.6. The lowest BCUT2D eigenvalue weighted by atomic mass is 10.0. The van der Waals surface area contributed by atoms with Gasteiger partial charge in [0.25, 0.3) is 0 Å². The van der Waals surface area contributed by atoms with E-state index in [0.29, 0.717) is 28.7 Å². The molecule has 0 fully saturated rings. The summed E-state index contributed by atoms with van der Waals surface area (Å²) in [5, 5.41) is 8.90. The lowest BCUT2D eigenvalue weighted by Crippen LogP contribution is -2.42. The summed E-state index contributed by atoms with van der Waals surface area (Å²) in [6.07, 6.45) is -0.919. The van der Waals surface area contributed by atoms with Gasteiger partial charge >= 0.3 is 6.09 Å². The quantitative estimate of drug-likeness (QED) is 0.759. The number of rotatable bonds is 2. The number of benzene rings is 2. The largest absolute Gasteiger partial charge is 0.465 e. The van der Waals surface area contributed by atoms with Gasteiger partial charge < -0.3 is 9.52 Å². The maximum atomic E-state index is 13.3. The third-order valence-electron chi connectivity index (χ3n) is 4.43. The molecule has 0 bridgehead atoms. The Morgan fingerprint density at radius 1 is 1.08 bits per heavy atom. The Morgan fingerprint density at radius 2 is 1.76 bits per heavy atom. The van der Waals surface area contributed by atoms with Crippen molar-refractivity contribution in [3.63, 3.8) is 0 Å². The second-order valence-electron chi connectivity index (χ2n) is 5.87. The molecule has 0 saturated carbocycles. The van der Waals surface area contributed by atoms with Crippen molar-refractivity contribution >= 4 is 26.9 Å². The fourth-order valence-electron chi connectivity index (χ4n) is 3.33. The number of hydrogen-bond donors (Lipinski definition) is 1. The molecule has 2 heterocycles. The highest BCUT2D eigenvalue weighted by Crippen LogP contribution is 2.42. The third-order valence-corrected chi connectivity index (χ3v) is 6.44. The summed E-state index contributed by atoms with van der Waals surface area (Å²) in [7, 11) is -3.95. The number of fused-ring (bicyclic) bond motifs is 3. The van der Waals surface area contributed by atoms with Gasteiger partial charge in [-0.1, -0.05) is 36.4 Å². The molecule has 6 nitrogen and oxygen atoms in total. The molecular weight excluding hydrogens is 342 g/mol. The molecule has 25 heavy (non-hydrogen) atoms. The maximum absolute atomic E-state index is 13.3. The molecule has 0 saturated heterocycles. The van der Waals surface area contributed by atoms with E-state index < -0.39 is 21.3 Å². The van der Waals surface area contributed by atoms with Gasteiger partial charge in [0.1, 0.15) is 11.3 Å². The zero-order valence-corrected chi connectivity index (χ0v) is 13.9. The SMILES string of the molecule is O=C(O)N1CCc2oc3ccccc3c2C1S(=O)(=O)c1ccccc1. The lowest BCUT2D eigenvalue weighted by Gasteiger charge is -2.32. The van der Waals surface area contributed by atoms with E-state index in [0.717, 1.165) is 4.90 Å². The van der Waals surface area contributed by atoms with Crippen LogP contribution in [-0.4, -0.2) is 31.1 Å². The first kappa shape index (κ1) is 15.7. The molecule has 1 atom stereocenters. The van der Waals surface area contributed by atoms with Crippen LogP contribution in [0.3, 0.4) is 0 Å². The number of sulfone groups is 1. The van der Waals surface area contributed by atoms with Crippen molar-refractivity contribution in [1.29, 1.82) is 0 Å². The zero-order valence-electron chi connectivity index (χ0n) is 13.1. The van der Waals surface area contributed by atoms with Gasteiger partial charge in [-0.3, -0.25) is 4.90 Å². The highest BCUT2D eigenvalue weighted by Gasteiger charge is 2.43. The van der Waals surface area contributed by atoms with Gasteiger partial charge in [-0.15, -0.1) is 0 Å². The van der Waals surface area contributed by atoms with E-state index in [2.05, 4.69) is 0 Å². The minimum atomic E-state index is -3.95. The molecule has 0 spiro atoms. The molecule has 128 valence electrons. The molecule has 1 aliphatic heterocycles. The van der Waals surface area contributed by atoms with Crippen LogP contribution in [0.5, 0.6) is 0 Å². The van der Waals surface area contributed by atoms with Crippen LogP contribution in [0.25, 0.3) is 11.0 Å². The van der Waals surface area contributed by atoms with E-state index in [1.807, 2.05) is 0 Å². The van der Waals surface area contributed by atoms with Crippen LogP contribution < -0.4 is 0 Å². The first-order chi connectivity index (χ1) is 12.0. The molecule has 2 aromatic carbocycles. The minimum absolute atomic E-state index is 0.0683. The summed E-state index contributed by atoms with van der Waals surface area (Å²) in [6.45, 7) is 0.0683. The summed E-state index contributed by atoms with van der Waals surface area (Å²) < 4.78 is 32.3. The number of para-hydroxylation sites is 1. The Labute approximate surface area is 144 Å². The smallest absolute Gasteiger partial charge is 0.408 e. The van der Waals surface area contributed by atoms with E-state index in [-0.39, 0.29) is 11.4 Å². The Hall–Kier alpha value is -2.80. The van der Waals surface area contributed by atoms with Crippen molar-refractivity contribution < 1.29 is 22.7 Å². The molecule has 1 aliphatic rings. The normalized spacial score (nSPS) is 17.4. The summed E-state index contributed by atoms with van der Waals surface area (Å²) in [5.41, 5.74) is 0.987. The number of amides is 1. The maximum Gasteiger partial charge on any atom is 0.408 e. The van der Waals surface area contributed by atoms with E-state index in [4.69, 9.17) is 4.42 Å². The summed E-state index contributed by atoms with van der Waals surface area (Å²) in [6, 6.07) is 15.0. The predicted molar refractivity (Wildman–Crippen MR) is 91.0 cm³/mol. The number of hydrogen-bond acceptors (Lipinski definition) is 4. The first-order valence-electron chi connectivity index (χ1n) is 7.79. The van der Waals surface area contributed by atoms with E-state index in [1.165, 1.54) is 12.1 Å². The lowest BCUT2D eigenvalue weighted by molar-refractivity contribution is 0.134. The second-order valence-corrected chi connectivity index (χ2v) is 7.88. The topological polar surface area (TPSA) is 87.8 Å². The third kappa shape index (κ3) is 2.39. The first-order valence-corrected chi connectivity index (χ1v) is 9.33. The van der Waals surface area contributed by atoms with Gasteiger partial charge in [0.15, 0.2) is 5.37 Å². The highest BCUT2D eigenvalue weighted by atomic mass is 32.2. The molecule has 3 aromatic rings. The summed E-state index contributed by atoms with van der Waals surface area (Å²) in [4.78, 5) is 12.8. The van der Waals surface area contributed by atoms with Crippen LogP contribution in [0.4, 0.5) is 4.79 Å².